The number of benzene rings is 1. The van der Waals surface area contributed by atoms with E-state index in [1.807, 2.05) is 36.7 Å². The second-order valence-corrected chi connectivity index (χ2v) is 5.38. The van der Waals surface area contributed by atoms with Gasteiger partial charge in [0.25, 0.3) is 0 Å². The number of rotatable bonds is 3. The summed E-state index contributed by atoms with van der Waals surface area (Å²) in [5, 5.41) is 11.3. The summed E-state index contributed by atoms with van der Waals surface area (Å²) in [7, 11) is 0. The molecule has 4 rings (SSSR count). The third-order valence-corrected chi connectivity index (χ3v) is 3.98. The van der Waals surface area contributed by atoms with Crippen LogP contribution in [0.1, 0.15) is 15.9 Å². The summed E-state index contributed by atoms with van der Waals surface area (Å²) in [6, 6.07) is 11.1. The quantitative estimate of drug-likeness (QED) is 0.630. The molecule has 0 aliphatic heterocycles. The minimum atomic E-state index is -0.928. The minimum absolute atomic E-state index is 0.278. The zero-order valence-electron chi connectivity index (χ0n) is 12.2. The maximum Gasteiger partial charge on any atom is 0.335 e. The average molecular weight is 303 g/mol. The Morgan fingerprint density at radius 3 is 2.65 bits per heavy atom. The lowest BCUT2D eigenvalue weighted by molar-refractivity contribution is 0.0697. The normalized spacial score (nSPS) is 11.1. The van der Waals surface area contributed by atoms with Crippen molar-refractivity contribution in [2.75, 3.05) is 0 Å². The molecule has 4 aromatic rings. The summed E-state index contributed by atoms with van der Waals surface area (Å²) >= 11 is 0. The number of aromatic carboxylic acids is 1. The lowest BCUT2D eigenvalue weighted by Gasteiger charge is -2.07. The van der Waals surface area contributed by atoms with Crippen molar-refractivity contribution in [3.8, 4) is 0 Å². The largest absolute Gasteiger partial charge is 0.478 e. The maximum atomic E-state index is 11.3. The van der Waals surface area contributed by atoms with Gasteiger partial charge < -0.3 is 9.67 Å². The summed E-state index contributed by atoms with van der Waals surface area (Å²) in [4.78, 5) is 19.6. The molecular weight excluding hydrogens is 290 g/mol. The fourth-order valence-electron chi connectivity index (χ4n) is 2.92. The molecule has 0 spiro atoms. The molecule has 0 saturated heterocycles. The van der Waals surface area contributed by atoms with Crippen molar-refractivity contribution in [2.24, 2.45) is 0 Å². The highest BCUT2D eigenvalue weighted by molar-refractivity contribution is 6.09. The zero-order valence-corrected chi connectivity index (χ0v) is 12.2. The van der Waals surface area contributed by atoms with Gasteiger partial charge in [-0.1, -0.05) is 12.1 Å². The fraction of sp³-hybridized carbons (Fsp3) is 0.0556. The van der Waals surface area contributed by atoms with Crippen LogP contribution in [0.2, 0.25) is 0 Å². The number of hydrogen-bond acceptors (Lipinski definition) is 3. The lowest BCUT2D eigenvalue weighted by atomic mass is 10.1. The Labute approximate surface area is 131 Å². The Kier molecular flexibility index (Phi) is 3.05. The first kappa shape index (κ1) is 13.5. The highest BCUT2D eigenvalue weighted by Crippen LogP contribution is 2.29. The van der Waals surface area contributed by atoms with E-state index in [9.17, 15) is 9.90 Å². The van der Waals surface area contributed by atoms with Crippen molar-refractivity contribution in [3.05, 3.63) is 72.3 Å². The predicted molar refractivity (Wildman–Crippen MR) is 87.5 cm³/mol. The average Bonchev–Trinajstić information content (AvgIpc) is 2.90. The first-order valence-corrected chi connectivity index (χ1v) is 7.22. The second-order valence-electron chi connectivity index (χ2n) is 5.38. The highest BCUT2D eigenvalue weighted by atomic mass is 16.4. The van der Waals surface area contributed by atoms with Gasteiger partial charge in [-0.2, -0.15) is 0 Å². The van der Waals surface area contributed by atoms with E-state index in [2.05, 4.69) is 14.5 Å². The van der Waals surface area contributed by atoms with E-state index >= 15 is 0 Å². The molecule has 0 bridgehead atoms. The Bertz CT molecular complexity index is 1020. The minimum Gasteiger partial charge on any atom is -0.478 e. The molecule has 0 atom stereocenters. The van der Waals surface area contributed by atoms with E-state index in [1.54, 1.807) is 24.5 Å². The van der Waals surface area contributed by atoms with Crippen LogP contribution >= 0.6 is 0 Å². The van der Waals surface area contributed by atoms with Gasteiger partial charge >= 0.3 is 5.97 Å². The Balaban J connectivity index is 2.01. The van der Waals surface area contributed by atoms with Gasteiger partial charge in [0.2, 0.25) is 0 Å². The van der Waals surface area contributed by atoms with Gasteiger partial charge in [-0.3, -0.25) is 9.97 Å². The predicted octanol–water partition coefficient (Wildman–Crippen LogP) is 3.33. The molecule has 112 valence electrons. The maximum absolute atomic E-state index is 11.3. The van der Waals surface area contributed by atoms with Crippen molar-refractivity contribution in [1.82, 2.24) is 14.5 Å². The molecule has 1 N–H and O–H groups in total. The number of nitrogens with zero attached hydrogens (tertiary/aromatic N) is 3. The van der Waals surface area contributed by atoms with Gasteiger partial charge in [-0.05, 0) is 29.8 Å². The molecule has 3 heterocycles. The van der Waals surface area contributed by atoms with E-state index < -0.39 is 5.97 Å². The van der Waals surface area contributed by atoms with Gasteiger partial charge in [0.05, 0.1) is 16.6 Å². The molecule has 0 unspecified atom stereocenters. The number of carboxylic acid groups (broad SMARTS) is 1. The van der Waals surface area contributed by atoms with Crippen LogP contribution in [0.15, 0.2) is 61.2 Å². The SMILES string of the molecule is O=C(O)c1ccc2c3cnccc3n(Cc3cccnc3)c2c1. The Morgan fingerprint density at radius 2 is 1.87 bits per heavy atom. The molecule has 23 heavy (non-hydrogen) atoms. The molecule has 0 radical (unpaired) electrons. The number of fused-ring (bicyclic) bond motifs is 3. The number of carbonyl (C=O) groups is 1. The first-order chi connectivity index (χ1) is 11.2. The molecule has 0 amide bonds. The number of hydrogen-bond donors (Lipinski definition) is 1. The Morgan fingerprint density at radius 1 is 1.00 bits per heavy atom. The summed E-state index contributed by atoms with van der Waals surface area (Å²) < 4.78 is 2.11. The zero-order chi connectivity index (χ0) is 15.8. The van der Waals surface area contributed by atoms with E-state index in [4.69, 9.17) is 0 Å². The summed E-state index contributed by atoms with van der Waals surface area (Å²) in [6.45, 7) is 0.626. The van der Waals surface area contributed by atoms with Crippen LogP contribution in [-0.2, 0) is 6.54 Å². The smallest absolute Gasteiger partial charge is 0.335 e. The third kappa shape index (κ3) is 2.23. The molecule has 0 aliphatic carbocycles. The van der Waals surface area contributed by atoms with Crippen LogP contribution < -0.4 is 0 Å². The van der Waals surface area contributed by atoms with E-state index in [-0.39, 0.29) is 5.56 Å². The van der Waals surface area contributed by atoms with Crippen LogP contribution in [0.5, 0.6) is 0 Å². The second kappa shape index (κ2) is 5.21. The van der Waals surface area contributed by atoms with E-state index in [0.717, 1.165) is 27.4 Å². The lowest BCUT2D eigenvalue weighted by Crippen LogP contribution is -2.01. The van der Waals surface area contributed by atoms with Gasteiger partial charge in [0.15, 0.2) is 0 Å². The number of aromatic nitrogens is 3. The van der Waals surface area contributed by atoms with Crippen molar-refractivity contribution in [3.63, 3.8) is 0 Å². The van der Waals surface area contributed by atoms with Gasteiger partial charge in [-0.15, -0.1) is 0 Å². The fourth-order valence-corrected chi connectivity index (χ4v) is 2.92. The molecule has 1 aromatic carbocycles. The van der Waals surface area contributed by atoms with Gasteiger partial charge in [0, 0.05) is 42.1 Å². The first-order valence-electron chi connectivity index (χ1n) is 7.22. The van der Waals surface area contributed by atoms with Crippen molar-refractivity contribution in [2.45, 2.75) is 6.54 Å². The molecule has 0 fully saturated rings. The van der Waals surface area contributed by atoms with Crippen LogP contribution in [0, 0.1) is 0 Å². The summed E-state index contributed by atoms with van der Waals surface area (Å²) in [5.41, 5.74) is 3.25. The molecule has 0 aliphatic rings. The van der Waals surface area contributed by atoms with Crippen LogP contribution in [0.3, 0.4) is 0 Å². The van der Waals surface area contributed by atoms with Crippen molar-refractivity contribution < 1.29 is 9.90 Å². The van der Waals surface area contributed by atoms with E-state index in [0.29, 0.717) is 6.54 Å². The third-order valence-electron chi connectivity index (χ3n) is 3.98. The topological polar surface area (TPSA) is 68.0 Å². The summed E-state index contributed by atoms with van der Waals surface area (Å²) in [5.74, 6) is -0.928. The van der Waals surface area contributed by atoms with Crippen molar-refractivity contribution >= 4 is 27.8 Å². The molecule has 0 saturated carbocycles. The monoisotopic (exact) mass is 303 g/mol. The number of carboxylic acids is 1. The van der Waals surface area contributed by atoms with Crippen LogP contribution in [-0.4, -0.2) is 25.6 Å². The van der Waals surface area contributed by atoms with E-state index in [1.165, 1.54) is 0 Å². The standard InChI is InChI=1S/C18H13N3O2/c22-18(23)13-3-4-14-15-10-20-7-5-16(15)21(17(14)8-13)11-12-2-1-6-19-9-12/h1-10H,11H2,(H,22,23). The summed E-state index contributed by atoms with van der Waals surface area (Å²) in [6.07, 6.45) is 7.12. The van der Waals surface area contributed by atoms with Crippen molar-refractivity contribution in [1.29, 1.82) is 0 Å². The Hall–Kier alpha value is -3.21. The molecule has 3 aromatic heterocycles. The molecule has 5 heteroatoms. The molecule has 5 nitrogen and oxygen atoms in total. The van der Waals surface area contributed by atoms with Gasteiger partial charge in [0.1, 0.15) is 0 Å². The van der Waals surface area contributed by atoms with Crippen LogP contribution in [0.4, 0.5) is 0 Å². The highest BCUT2D eigenvalue weighted by Gasteiger charge is 2.13. The number of pyridine rings is 2. The molecular formula is C18H13N3O2. The van der Waals surface area contributed by atoms with Gasteiger partial charge in [-0.25, -0.2) is 4.79 Å². The van der Waals surface area contributed by atoms with Crippen LogP contribution in [0.25, 0.3) is 21.8 Å².